The predicted octanol–water partition coefficient (Wildman–Crippen LogP) is 5.41. The van der Waals surface area contributed by atoms with Crippen LogP contribution in [0.25, 0.3) is 10.8 Å². The molecule has 0 spiro atoms. The number of anilines is 1. The molecule has 3 aromatic rings. The van der Waals surface area contributed by atoms with E-state index in [1.165, 1.54) is 0 Å². The number of amides is 1. The summed E-state index contributed by atoms with van der Waals surface area (Å²) in [7, 11) is 3.17. The van der Waals surface area contributed by atoms with Crippen molar-refractivity contribution >= 4 is 22.4 Å². The molecule has 4 heteroatoms. The number of carbonyl (C=O) groups excluding carboxylic acids is 1. The van der Waals surface area contributed by atoms with Crippen molar-refractivity contribution in [3.8, 4) is 11.5 Å². The molecule has 1 N–H and O–H groups in total. The van der Waals surface area contributed by atoms with Crippen molar-refractivity contribution in [3.63, 3.8) is 0 Å². The molecule has 0 aromatic heterocycles. The summed E-state index contributed by atoms with van der Waals surface area (Å²) in [6.45, 7) is 6.40. The highest BCUT2D eigenvalue weighted by Gasteiger charge is 2.19. The number of ether oxygens (including phenoxy) is 2. The molecule has 1 amide bonds. The Balaban J connectivity index is 2.01. The highest BCUT2D eigenvalue weighted by Crippen LogP contribution is 2.33. The van der Waals surface area contributed by atoms with E-state index in [9.17, 15) is 4.79 Å². The quantitative estimate of drug-likeness (QED) is 0.674. The second-order valence-corrected chi connectivity index (χ2v) is 7.52. The molecule has 0 fully saturated rings. The van der Waals surface area contributed by atoms with Gasteiger partial charge in [0.05, 0.1) is 25.5 Å². The van der Waals surface area contributed by atoms with Crippen molar-refractivity contribution in [2.75, 3.05) is 19.5 Å². The summed E-state index contributed by atoms with van der Waals surface area (Å²) in [6, 6.07) is 17.5. The van der Waals surface area contributed by atoms with E-state index in [1.807, 2.05) is 54.6 Å². The van der Waals surface area contributed by atoms with E-state index < -0.39 is 0 Å². The molecule has 0 heterocycles. The summed E-state index contributed by atoms with van der Waals surface area (Å²) in [5, 5.41) is 5.00. The van der Waals surface area contributed by atoms with E-state index in [1.54, 1.807) is 14.2 Å². The number of nitrogens with one attached hydrogen (secondary N) is 1. The zero-order chi connectivity index (χ0) is 19.6. The second-order valence-electron chi connectivity index (χ2n) is 7.52. The van der Waals surface area contributed by atoms with Crippen LogP contribution in [0.2, 0.25) is 0 Å². The summed E-state index contributed by atoms with van der Waals surface area (Å²) in [5.41, 5.74) is 2.21. The number of methoxy groups -OCH3 is 2. The summed E-state index contributed by atoms with van der Waals surface area (Å²) in [4.78, 5) is 13.0. The fourth-order valence-corrected chi connectivity index (χ4v) is 3.03. The van der Waals surface area contributed by atoms with Gasteiger partial charge in [0, 0.05) is 0 Å². The first kappa shape index (κ1) is 18.8. The lowest BCUT2D eigenvalue weighted by Gasteiger charge is -2.21. The van der Waals surface area contributed by atoms with Crippen molar-refractivity contribution in [2.24, 2.45) is 0 Å². The maximum Gasteiger partial charge on any atom is 0.259 e. The third kappa shape index (κ3) is 3.90. The Bertz CT molecular complexity index is 987. The number of rotatable bonds is 4. The van der Waals surface area contributed by atoms with Crippen LogP contribution in [-0.4, -0.2) is 20.1 Å². The van der Waals surface area contributed by atoms with Gasteiger partial charge in [0.2, 0.25) is 0 Å². The third-order valence-electron chi connectivity index (χ3n) is 4.63. The van der Waals surface area contributed by atoms with Gasteiger partial charge in [0.25, 0.3) is 5.91 Å². The minimum atomic E-state index is -0.234. The fraction of sp³-hybridized carbons (Fsp3) is 0.261. The first-order chi connectivity index (χ1) is 12.8. The van der Waals surface area contributed by atoms with Gasteiger partial charge < -0.3 is 14.8 Å². The first-order valence-electron chi connectivity index (χ1n) is 8.90. The van der Waals surface area contributed by atoms with E-state index in [0.29, 0.717) is 22.7 Å². The molecular weight excluding hydrogens is 338 g/mol. The summed E-state index contributed by atoms with van der Waals surface area (Å²) in [6.07, 6.45) is 0. The third-order valence-corrected chi connectivity index (χ3v) is 4.63. The van der Waals surface area contributed by atoms with Crippen LogP contribution in [-0.2, 0) is 5.41 Å². The molecule has 0 saturated carbocycles. The van der Waals surface area contributed by atoms with Crippen LogP contribution in [0.5, 0.6) is 11.5 Å². The van der Waals surface area contributed by atoms with Crippen LogP contribution in [0.1, 0.15) is 36.7 Å². The SMILES string of the molecule is COc1ccc(C(C)(C)C)cc1NC(=O)c1cc2ccccc2cc1OC. The van der Waals surface area contributed by atoms with Gasteiger partial charge in [-0.25, -0.2) is 0 Å². The molecule has 27 heavy (non-hydrogen) atoms. The van der Waals surface area contributed by atoms with Crippen molar-refractivity contribution in [1.29, 1.82) is 0 Å². The van der Waals surface area contributed by atoms with Gasteiger partial charge in [0.1, 0.15) is 11.5 Å². The molecule has 0 aliphatic carbocycles. The Morgan fingerprint density at radius 2 is 1.48 bits per heavy atom. The van der Waals surface area contributed by atoms with Crippen molar-refractivity contribution in [1.82, 2.24) is 0 Å². The molecule has 0 atom stereocenters. The van der Waals surface area contributed by atoms with Crippen molar-refractivity contribution in [2.45, 2.75) is 26.2 Å². The van der Waals surface area contributed by atoms with Crippen LogP contribution >= 0.6 is 0 Å². The van der Waals surface area contributed by atoms with Crippen LogP contribution in [0.4, 0.5) is 5.69 Å². The lowest BCUT2D eigenvalue weighted by molar-refractivity contribution is 0.102. The van der Waals surface area contributed by atoms with Gasteiger partial charge in [-0.2, -0.15) is 0 Å². The maximum absolute atomic E-state index is 13.0. The first-order valence-corrected chi connectivity index (χ1v) is 8.90. The second kappa shape index (κ2) is 7.31. The molecule has 0 unspecified atom stereocenters. The summed E-state index contributed by atoms with van der Waals surface area (Å²) >= 11 is 0. The predicted molar refractivity (Wildman–Crippen MR) is 110 cm³/mol. The summed E-state index contributed by atoms with van der Waals surface area (Å²) < 4.78 is 10.9. The Hall–Kier alpha value is -3.01. The zero-order valence-corrected chi connectivity index (χ0v) is 16.4. The topological polar surface area (TPSA) is 47.6 Å². The van der Waals surface area contributed by atoms with E-state index in [0.717, 1.165) is 16.3 Å². The van der Waals surface area contributed by atoms with E-state index in [2.05, 4.69) is 26.1 Å². The largest absolute Gasteiger partial charge is 0.496 e. The fourth-order valence-electron chi connectivity index (χ4n) is 3.03. The maximum atomic E-state index is 13.0. The minimum Gasteiger partial charge on any atom is -0.496 e. The van der Waals surface area contributed by atoms with Crippen LogP contribution in [0.3, 0.4) is 0 Å². The minimum absolute atomic E-state index is 0.0353. The monoisotopic (exact) mass is 363 g/mol. The van der Waals surface area contributed by atoms with E-state index >= 15 is 0 Å². The molecule has 0 aliphatic rings. The number of fused-ring (bicyclic) bond motifs is 1. The molecule has 0 bridgehead atoms. The molecule has 140 valence electrons. The van der Waals surface area contributed by atoms with Crippen molar-refractivity contribution < 1.29 is 14.3 Å². The van der Waals surface area contributed by atoms with Gasteiger partial charge in [-0.05, 0) is 46.0 Å². The Morgan fingerprint density at radius 3 is 2.07 bits per heavy atom. The highest BCUT2D eigenvalue weighted by molar-refractivity contribution is 6.09. The number of hydrogen-bond donors (Lipinski definition) is 1. The number of hydrogen-bond acceptors (Lipinski definition) is 3. The number of carbonyl (C=O) groups is 1. The molecule has 3 aromatic carbocycles. The van der Waals surface area contributed by atoms with Crippen LogP contribution in [0.15, 0.2) is 54.6 Å². The smallest absolute Gasteiger partial charge is 0.259 e. The van der Waals surface area contributed by atoms with E-state index in [-0.39, 0.29) is 11.3 Å². The van der Waals surface area contributed by atoms with Gasteiger partial charge >= 0.3 is 0 Å². The van der Waals surface area contributed by atoms with Gasteiger partial charge in [-0.3, -0.25) is 4.79 Å². The summed E-state index contributed by atoms with van der Waals surface area (Å²) in [5.74, 6) is 0.926. The molecule has 0 radical (unpaired) electrons. The average Bonchev–Trinajstić information content (AvgIpc) is 2.66. The molecule has 0 aliphatic heterocycles. The molecule has 0 saturated heterocycles. The van der Waals surface area contributed by atoms with Gasteiger partial charge in [-0.1, -0.05) is 51.1 Å². The van der Waals surface area contributed by atoms with Gasteiger partial charge in [-0.15, -0.1) is 0 Å². The highest BCUT2D eigenvalue weighted by atomic mass is 16.5. The van der Waals surface area contributed by atoms with Crippen molar-refractivity contribution in [3.05, 3.63) is 65.7 Å². The lowest BCUT2D eigenvalue weighted by Crippen LogP contribution is -2.16. The molecule has 4 nitrogen and oxygen atoms in total. The van der Waals surface area contributed by atoms with E-state index in [4.69, 9.17) is 9.47 Å². The lowest BCUT2D eigenvalue weighted by atomic mass is 9.87. The Kier molecular flexibility index (Phi) is 5.08. The zero-order valence-electron chi connectivity index (χ0n) is 16.4. The Morgan fingerprint density at radius 1 is 0.852 bits per heavy atom. The van der Waals surface area contributed by atoms with Gasteiger partial charge in [0.15, 0.2) is 0 Å². The normalized spacial score (nSPS) is 11.3. The molecule has 3 rings (SSSR count). The van der Waals surface area contributed by atoms with Crippen LogP contribution < -0.4 is 14.8 Å². The van der Waals surface area contributed by atoms with Crippen LogP contribution in [0, 0.1) is 0 Å². The standard InChI is InChI=1S/C23H25NO3/c1-23(2,3)17-10-11-20(26-4)19(14-17)24-22(25)18-12-15-8-6-7-9-16(15)13-21(18)27-5/h6-14H,1-5H3,(H,24,25). The Labute approximate surface area is 160 Å². The number of benzene rings is 3. The average molecular weight is 363 g/mol. The molecular formula is C23H25NO3.